The van der Waals surface area contributed by atoms with E-state index in [0.717, 1.165) is 17.9 Å². The van der Waals surface area contributed by atoms with Crippen LogP contribution in [-0.4, -0.2) is 16.9 Å². The second-order valence-electron chi connectivity index (χ2n) is 3.61. The average molecular weight is 234 g/mol. The summed E-state index contributed by atoms with van der Waals surface area (Å²) < 4.78 is 0. The topological polar surface area (TPSA) is 41.5 Å². The zero-order valence-electron chi connectivity index (χ0n) is 9.14. The van der Waals surface area contributed by atoms with Gasteiger partial charge >= 0.3 is 0 Å². The molecule has 1 amide bonds. The molecule has 3 nitrogen and oxygen atoms in total. The van der Waals surface area contributed by atoms with Crippen LogP contribution >= 0.6 is 11.8 Å². The standard InChI is InChI=1S/C12H14N2OS/c1-2-10-11(12(15)14-13-10)16-8-9-6-4-3-5-7-9/h3-7,11H,2,8H2,1H3,(H,14,15). The number of carbonyl (C=O) groups excluding carboxylic acids is 1. The molecule has 0 aromatic heterocycles. The van der Waals surface area contributed by atoms with E-state index < -0.39 is 0 Å². The molecule has 0 bridgehead atoms. The minimum absolute atomic E-state index is 0.0118. The Kier molecular flexibility index (Phi) is 3.62. The highest BCUT2D eigenvalue weighted by atomic mass is 32.2. The van der Waals surface area contributed by atoms with Gasteiger partial charge in [0.25, 0.3) is 5.91 Å². The first kappa shape index (κ1) is 11.2. The normalized spacial score (nSPS) is 19.4. The molecule has 1 aromatic carbocycles. The Hall–Kier alpha value is -1.29. The number of amides is 1. The summed E-state index contributed by atoms with van der Waals surface area (Å²) in [6, 6.07) is 10.2. The van der Waals surface area contributed by atoms with Crippen LogP contribution in [0.5, 0.6) is 0 Å². The lowest BCUT2D eigenvalue weighted by Gasteiger charge is -2.08. The van der Waals surface area contributed by atoms with Gasteiger partial charge < -0.3 is 0 Å². The molecule has 1 atom stereocenters. The van der Waals surface area contributed by atoms with Gasteiger partial charge in [0.05, 0.1) is 5.71 Å². The third-order valence-electron chi connectivity index (χ3n) is 2.47. The van der Waals surface area contributed by atoms with Crippen LogP contribution in [-0.2, 0) is 10.5 Å². The number of hydrogen-bond acceptors (Lipinski definition) is 3. The summed E-state index contributed by atoms with van der Waals surface area (Å²) in [5.74, 6) is 0.857. The monoisotopic (exact) mass is 234 g/mol. The van der Waals surface area contributed by atoms with Crippen LogP contribution in [0, 0.1) is 0 Å². The van der Waals surface area contributed by atoms with Crippen molar-refractivity contribution in [3.05, 3.63) is 35.9 Å². The Morgan fingerprint density at radius 2 is 2.12 bits per heavy atom. The predicted octanol–water partition coefficient (Wildman–Crippen LogP) is 2.18. The molecule has 0 radical (unpaired) electrons. The van der Waals surface area contributed by atoms with Crippen LogP contribution in [0.25, 0.3) is 0 Å². The van der Waals surface area contributed by atoms with Gasteiger partial charge in [0.15, 0.2) is 0 Å². The third-order valence-corrected chi connectivity index (χ3v) is 3.79. The molecule has 0 spiro atoms. The Balaban J connectivity index is 1.95. The summed E-state index contributed by atoms with van der Waals surface area (Å²) in [5, 5.41) is 3.92. The highest BCUT2D eigenvalue weighted by Crippen LogP contribution is 2.22. The van der Waals surface area contributed by atoms with E-state index >= 15 is 0 Å². The number of hydrogen-bond donors (Lipinski definition) is 1. The second kappa shape index (κ2) is 5.16. The van der Waals surface area contributed by atoms with E-state index in [-0.39, 0.29) is 11.2 Å². The molecule has 4 heteroatoms. The minimum atomic E-state index is -0.106. The number of nitrogens with zero attached hydrogens (tertiary/aromatic N) is 1. The first-order valence-corrected chi connectivity index (χ1v) is 6.38. The zero-order valence-corrected chi connectivity index (χ0v) is 9.96. The summed E-state index contributed by atoms with van der Waals surface area (Å²) in [7, 11) is 0. The van der Waals surface area contributed by atoms with Crippen LogP contribution in [0.15, 0.2) is 35.4 Å². The molecule has 0 fully saturated rings. The number of hydrazone groups is 1. The first-order valence-electron chi connectivity index (χ1n) is 5.33. The molecular formula is C12H14N2OS. The van der Waals surface area contributed by atoms with Crippen molar-refractivity contribution in [1.29, 1.82) is 0 Å². The first-order chi connectivity index (χ1) is 7.81. The number of rotatable bonds is 4. The molecule has 0 aliphatic carbocycles. The summed E-state index contributed by atoms with van der Waals surface area (Å²) in [6.45, 7) is 2.02. The Bertz CT molecular complexity index is 403. The molecule has 1 N–H and O–H groups in total. The summed E-state index contributed by atoms with van der Waals surface area (Å²) in [6.07, 6.45) is 0.825. The second-order valence-corrected chi connectivity index (χ2v) is 4.70. The largest absolute Gasteiger partial charge is 0.271 e. The summed E-state index contributed by atoms with van der Waals surface area (Å²) in [5.41, 5.74) is 4.72. The molecule has 0 saturated carbocycles. The van der Waals surface area contributed by atoms with Gasteiger partial charge in [-0.2, -0.15) is 5.10 Å². The van der Waals surface area contributed by atoms with Gasteiger partial charge in [-0.15, -0.1) is 11.8 Å². The van der Waals surface area contributed by atoms with Crippen molar-refractivity contribution in [1.82, 2.24) is 5.43 Å². The number of carbonyl (C=O) groups is 1. The van der Waals surface area contributed by atoms with E-state index in [9.17, 15) is 4.79 Å². The average Bonchev–Trinajstić information content (AvgIpc) is 2.69. The number of benzene rings is 1. The maximum absolute atomic E-state index is 11.5. The van der Waals surface area contributed by atoms with Crippen molar-refractivity contribution in [2.45, 2.75) is 24.3 Å². The zero-order chi connectivity index (χ0) is 11.4. The van der Waals surface area contributed by atoms with Crippen molar-refractivity contribution in [3.63, 3.8) is 0 Å². The third kappa shape index (κ3) is 2.44. The molecule has 84 valence electrons. The molecule has 1 aromatic rings. The smallest absolute Gasteiger partial charge is 0.259 e. The quantitative estimate of drug-likeness (QED) is 0.867. The lowest BCUT2D eigenvalue weighted by Crippen LogP contribution is -2.25. The van der Waals surface area contributed by atoms with E-state index in [2.05, 4.69) is 22.7 Å². The Morgan fingerprint density at radius 3 is 2.81 bits per heavy atom. The predicted molar refractivity (Wildman–Crippen MR) is 67.4 cm³/mol. The van der Waals surface area contributed by atoms with Gasteiger partial charge in [-0.1, -0.05) is 37.3 Å². The van der Waals surface area contributed by atoms with Gasteiger partial charge in [-0.05, 0) is 12.0 Å². The summed E-state index contributed by atoms with van der Waals surface area (Å²) in [4.78, 5) is 11.5. The van der Waals surface area contributed by atoms with Crippen LogP contribution in [0.4, 0.5) is 0 Å². The molecular weight excluding hydrogens is 220 g/mol. The van der Waals surface area contributed by atoms with E-state index in [4.69, 9.17) is 0 Å². The number of nitrogens with one attached hydrogen (secondary N) is 1. The van der Waals surface area contributed by atoms with E-state index in [1.54, 1.807) is 11.8 Å². The highest BCUT2D eigenvalue weighted by molar-refractivity contribution is 8.00. The molecule has 0 saturated heterocycles. The summed E-state index contributed by atoms with van der Waals surface area (Å²) >= 11 is 1.64. The van der Waals surface area contributed by atoms with Crippen LogP contribution < -0.4 is 5.43 Å². The van der Waals surface area contributed by atoms with Gasteiger partial charge in [0.1, 0.15) is 5.25 Å². The fourth-order valence-corrected chi connectivity index (χ4v) is 2.75. The van der Waals surface area contributed by atoms with Gasteiger partial charge in [0.2, 0.25) is 0 Å². The van der Waals surface area contributed by atoms with Gasteiger partial charge in [0, 0.05) is 5.75 Å². The fourth-order valence-electron chi connectivity index (χ4n) is 1.59. The fraction of sp³-hybridized carbons (Fsp3) is 0.333. The Morgan fingerprint density at radius 1 is 1.38 bits per heavy atom. The highest BCUT2D eigenvalue weighted by Gasteiger charge is 2.28. The molecule has 1 unspecified atom stereocenters. The molecule has 2 rings (SSSR count). The van der Waals surface area contributed by atoms with Crippen molar-refractivity contribution >= 4 is 23.4 Å². The number of thioether (sulfide) groups is 1. The van der Waals surface area contributed by atoms with E-state index in [0.29, 0.717) is 0 Å². The van der Waals surface area contributed by atoms with E-state index in [1.807, 2.05) is 25.1 Å². The van der Waals surface area contributed by atoms with Crippen LogP contribution in [0.2, 0.25) is 0 Å². The van der Waals surface area contributed by atoms with Gasteiger partial charge in [-0.3, -0.25) is 4.79 Å². The van der Waals surface area contributed by atoms with Gasteiger partial charge in [-0.25, -0.2) is 5.43 Å². The van der Waals surface area contributed by atoms with Crippen molar-refractivity contribution < 1.29 is 4.79 Å². The minimum Gasteiger partial charge on any atom is -0.271 e. The van der Waals surface area contributed by atoms with E-state index in [1.165, 1.54) is 5.56 Å². The van der Waals surface area contributed by atoms with Crippen LogP contribution in [0.1, 0.15) is 18.9 Å². The maximum atomic E-state index is 11.5. The maximum Gasteiger partial charge on any atom is 0.259 e. The van der Waals surface area contributed by atoms with Crippen molar-refractivity contribution in [3.8, 4) is 0 Å². The SMILES string of the molecule is CCC1=NNC(=O)C1SCc1ccccc1. The molecule has 1 heterocycles. The molecule has 1 aliphatic rings. The Labute approximate surface area is 99.3 Å². The molecule has 16 heavy (non-hydrogen) atoms. The van der Waals surface area contributed by atoms with Crippen LogP contribution in [0.3, 0.4) is 0 Å². The lowest BCUT2D eigenvalue weighted by atomic mass is 10.2. The lowest BCUT2D eigenvalue weighted by molar-refractivity contribution is -0.118. The molecule has 1 aliphatic heterocycles. The van der Waals surface area contributed by atoms with Crippen molar-refractivity contribution in [2.24, 2.45) is 5.10 Å². The van der Waals surface area contributed by atoms with Crippen molar-refractivity contribution in [2.75, 3.05) is 0 Å².